The Morgan fingerprint density at radius 3 is 2.63 bits per heavy atom. The summed E-state index contributed by atoms with van der Waals surface area (Å²) < 4.78 is 0. The fourth-order valence-corrected chi connectivity index (χ4v) is 1.15. The van der Waals surface area contributed by atoms with E-state index in [-0.39, 0.29) is 18.8 Å². The zero-order valence-electron chi connectivity index (χ0n) is 9.79. The summed E-state index contributed by atoms with van der Waals surface area (Å²) in [6.45, 7) is 0.312. The van der Waals surface area contributed by atoms with Gasteiger partial charge >= 0.3 is 6.03 Å². The fraction of sp³-hybridized carbons (Fsp3) is 0.200. The Hall–Kier alpha value is -2.68. The lowest BCUT2D eigenvalue weighted by Gasteiger charge is -2.07. The van der Waals surface area contributed by atoms with E-state index < -0.39 is 11.0 Å². The quantitative estimate of drug-likeness (QED) is 0.286. The number of anilines is 1. The molecule has 0 aliphatic heterocycles. The summed E-state index contributed by atoms with van der Waals surface area (Å²) in [5, 5.41) is 15.4. The molecule has 3 N–H and O–H groups in total. The van der Waals surface area contributed by atoms with Crippen molar-refractivity contribution in [1.29, 1.82) is 0 Å². The van der Waals surface area contributed by atoms with Crippen LogP contribution in [0.25, 0.3) is 0 Å². The molecule has 0 heterocycles. The van der Waals surface area contributed by atoms with Crippen LogP contribution in [0, 0.1) is 10.1 Å². The number of carbonyl (C=O) groups is 2. The van der Waals surface area contributed by atoms with Crippen LogP contribution in [-0.4, -0.2) is 30.5 Å². The van der Waals surface area contributed by atoms with Crippen molar-refractivity contribution in [2.24, 2.45) is 0 Å². The van der Waals surface area contributed by atoms with Gasteiger partial charge in [0.25, 0.3) is 5.69 Å². The topological polar surface area (TPSA) is 123 Å². The van der Waals surface area contributed by atoms with Crippen LogP contribution in [0.4, 0.5) is 16.2 Å². The van der Waals surface area contributed by atoms with E-state index in [0.717, 1.165) is 0 Å². The van der Waals surface area contributed by atoms with Gasteiger partial charge in [-0.1, -0.05) is 0 Å². The number of hydroxylamine groups is 1. The minimum atomic E-state index is -0.527. The van der Waals surface area contributed by atoms with E-state index in [4.69, 9.17) is 0 Å². The van der Waals surface area contributed by atoms with Crippen molar-refractivity contribution in [1.82, 2.24) is 10.8 Å². The Morgan fingerprint density at radius 2 is 2.05 bits per heavy atom. The van der Waals surface area contributed by atoms with E-state index in [9.17, 15) is 19.7 Å². The zero-order chi connectivity index (χ0) is 14.1. The highest BCUT2D eigenvalue weighted by Crippen LogP contribution is 2.14. The molecule has 0 saturated carbocycles. The molecular formula is C10H12N4O5. The predicted molar refractivity (Wildman–Crippen MR) is 65.3 cm³/mol. The average molecular weight is 268 g/mol. The minimum absolute atomic E-state index is 0.0562. The van der Waals surface area contributed by atoms with Crippen molar-refractivity contribution >= 4 is 23.8 Å². The number of nitro groups is 1. The lowest BCUT2D eigenvalue weighted by molar-refractivity contribution is -0.384. The molecule has 0 saturated heterocycles. The van der Waals surface area contributed by atoms with Crippen LogP contribution < -0.4 is 16.1 Å². The van der Waals surface area contributed by atoms with E-state index in [0.29, 0.717) is 12.1 Å². The number of carbonyl (C=O) groups excluding carboxylic acids is 2. The van der Waals surface area contributed by atoms with E-state index in [1.807, 2.05) is 5.48 Å². The second-order valence-corrected chi connectivity index (χ2v) is 3.27. The Bertz CT molecular complexity index is 448. The van der Waals surface area contributed by atoms with Crippen LogP contribution in [0.15, 0.2) is 24.3 Å². The van der Waals surface area contributed by atoms with Crippen LogP contribution in [0.5, 0.6) is 0 Å². The second kappa shape index (κ2) is 7.61. The molecule has 102 valence electrons. The molecule has 0 aliphatic rings. The van der Waals surface area contributed by atoms with E-state index in [1.54, 1.807) is 0 Å². The van der Waals surface area contributed by atoms with Gasteiger partial charge in [-0.3, -0.25) is 19.7 Å². The summed E-state index contributed by atoms with van der Waals surface area (Å²) in [4.78, 5) is 35.7. The number of non-ortho nitro benzene ring substituents is 1. The monoisotopic (exact) mass is 268 g/mol. The summed E-state index contributed by atoms with van der Waals surface area (Å²) in [6, 6.07) is 4.92. The second-order valence-electron chi connectivity index (χ2n) is 3.27. The van der Waals surface area contributed by atoms with Crippen LogP contribution >= 0.6 is 0 Å². The molecule has 0 spiro atoms. The molecule has 1 rings (SSSR count). The van der Waals surface area contributed by atoms with Gasteiger partial charge < -0.3 is 10.6 Å². The Morgan fingerprint density at radius 1 is 1.37 bits per heavy atom. The van der Waals surface area contributed by atoms with Gasteiger partial charge in [0.2, 0.25) is 6.41 Å². The fourth-order valence-electron chi connectivity index (χ4n) is 1.15. The summed E-state index contributed by atoms with van der Waals surface area (Å²) in [5.74, 6) is 0. The van der Waals surface area contributed by atoms with Gasteiger partial charge in [0.05, 0.1) is 11.5 Å². The highest BCUT2D eigenvalue weighted by Gasteiger charge is 2.05. The summed E-state index contributed by atoms with van der Waals surface area (Å²) in [5.41, 5.74) is 2.34. The molecule has 9 nitrogen and oxygen atoms in total. The van der Waals surface area contributed by atoms with E-state index in [2.05, 4.69) is 15.5 Å². The molecule has 3 amide bonds. The first-order chi connectivity index (χ1) is 9.13. The molecule has 0 aromatic heterocycles. The molecule has 1 aromatic rings. The first-order valence-electron chi connectivity index (χ1n) is 5.23. The maximum atomic E-state index is 11.4. The van der Waals surface area contributed by atoms with Gasteiger partial charge in [-0.25, -0.2) is 10.3 Å². The minimum Gasteiger partial charge on any atom is -0.335 e. The standard InChI is InChI=1S/C10H12N4O5/c15-7-12-19-6-5-11-10(16)13-8-1-3-9(4-2-8)14(17)18/h1-4,7H,5-6H2,(H,12,15)(H2,11,13,16). The largest absolute Gasteiger partial charge is 0.335 e. The third kappa shape index (κ3) is 5.46. The van der Waals surface area contributed by atoms with Crippen molar-refractivity contribution in [3.63, 3.8) is 0 Å². The van der Waals surface area contributed by atoms with Crippen molar-refractivity contribution < 1.29 is 19.3 Å². The van der Waals surface area contributed by atoms with Gasteiger partial charge in [-0.05, 0) is 12.1 Å². The number of hydrogen-bond acceptors (Lipinski definition) is 5. The first-order valence-corrected chi connectivity index (χ1v) is 5.23. The molecule has 9 heteroatoms. The lowest BCUT2D eigenvalue weighted by atomic mass is 10.3. The molecule has 19 heavy (non-hydrogen) atoms. The molecule has 0 bridgehead atoms. The van der Waals surface area contributed by atoms with Crippen LogP contribution in [-0.2, 0) is 9.63 Å². The Kier molecular flexibility index (Phi) is 5.76. The molecule has 0 atom stereocenters. The van der Waals surface area contributed by atoms with Crippen molar-refractivity contribution in [2.45, 2.75) is 0 Å². The van der Waals surface area contributed by atoms with Crippen LogP contribution in [0.2, 0.25) is 0 Å². The zero-order valence-corrected chi connectivity index (χ0v) is 9.79. The Balaban J connectivity index is 2.31. The summed E-state index contributed by atoms with van der Waals surface area (Å²) in [6.07, 6.45) is 0.372. The highest BCUT2D eigenvalue weighted by molar-refractivity contribution is 5.89. The molecule has 0 radical (unpaired) electrons. The number of amides is 3. The lowest BCUT2D eigenvalue weighted by Crippen LogP contribution is -2.32. The number of rotatable bonds is 7. The average Bonchev–Trinajstić information content (AvgIpc) is 2.39. The molecule has 0 aliphatic carbocycles. The molecule has 0 unspecified atom stereocenters. The van der Waals surface area contributed by atoms with Crippen molar-refractivity contribution in [3.05, 3.63) is 34.4 Å². The van der Waals surface area contributed by atoms with Gasteiger partial charge in [-0.2, -0.15) is 0 Å². The third-order valence-corrected chi connectivity index (χ3v) is 1.96. The van der Waals surface area contributed by atoms with E-state index in [1.165, 1.54) is 24.3 Å². The number of nitrogens with one attached hydrogen (secondary N) is 3. The number of hydrogen-bond donors (Lipinski definition) is 3. The van der Waals surface area contributed by atoms with Crippen molar-refractivity contribution in [2.75, 3.05) is 18.5 Å². The Labute approximate surface area is 108 Å². The van der Waals surface area contributed by atoms with Crippen molar-refractivity contribution in [3.8, 4) is 0 Å². The van der Waals surface area contributed by atoms with E-state index >= 15 is 0 Å². The van der Waals surface area contributed by atoms with Gasteiger partial charge in [0.15, 0.2) is 0 Å². The first kappa shape index (κ1) is 14.4. The normalized spacial score (nSPS) is 9.47. The maximum Gasteiger partial charge on any atom is 0.319 e. The molecular weight excluding hydrogens is 256 g/mol. The molecule has 0 fully saturated rings. The molecule has 1 aromatic carbocycles. The highest BCUT2D eigenvalue weighted by atomic mass is 16.6. The third-order valence-electron chi connectivity index (χ3n) is 1.96. The number of benzene rings is 1. The maximum absolute atomic E-state index is 11.4. The van der Waals surface area contributed by atoms with Crippen LogP contribution in [0.1, 0.15) is 0 Å². The summed E-state index contributed by atoms with van der Waals surface area (Å²) in [7, 11) is 0. The summed E-state index contributed by atoms with van der Waals surface area (Å²) >= 11 is 0. The van der Waals surface area contributed by atoms with Gasteiger partial charge in [0, 0.05) is 24.4 Å². The van der Waals surface area contributed by atoms with Gasteiger partial charge in [0.1, 0.15) is 0 Å². The SMILES string of the molecule is O=CNOCCNC(=O)Nc1ccc([N+](=O)[O-])cc1. The number of nitro benzene ring substituents is 1. The predicted octanol–water partition coefficient (Wildman–Crippen LogP) is 0.394. The smallest absolute Gasteiger partial charge is 0.319 e. The van der Waals surface area contributed by atoms with Crippen LogP contribution in [0.3, 0.4) is 0 Å². The number of nitrogens with zero attached hydrogens (tertiary/aromatic N) is 1. The number of urea groups is 1. The van der Waals surface area contributed by atoms with Gasteiger partial charge in [-0.15, -0.1) is 0 Å².